The van der Waals surface area contributed by atoms with Crippen molar-refractivity contribution < 1.29 is 42.1 Å². The second kappa shape index (κ2) is 57.6. The number of quaternary nitrogens is 1. The molecule has 0 aromatic carbocycles. The highest BCUT2D eigenvalue weighted by Crippen LogP contribution is 2.38. The van der Waals surface area contributed by atoms with Crippen molar-refractivity contribution in [2.24, 2.45) is 0 Å². The Morgan fingerprint density at radius 1 is 0.397 bits per heavy atom. The summed E-state index contributed by atoms with van der Waals surface area (Å²) in [7, 11) is 1.13. The van der Waals surface area contributed by atoms with Crippen LogP contribution in [0.5, 0.6) is 0 Å². The Morgan fingerprint density at radius 2 is 0.692 bits per heavy atom. The number of allylic oxidation sites excluding steroid dienone is 24. The van der Waals surface area contributed by atoms with Crippen molar-refractivity contribution in [3.05, 3.63) is 146 Å². The molecule has 0 amide bonds. The standard InChI is InChI=1S/C68H112NO8P/c1-6-8-10-12-14-16-18-20-22-24-26-28-30-32-33-34-35-37-39-41-43-45-47-49-51-53-55-57-59-61-68(71)77-66(65-76-78(72,73)75-63-62-69(3,4)5)64-74-67(70)60-58-56-54-52-50-48-46-44-42-40-38-36-31-29-27-25-23-21-19-17-15-13-11-9-7-2/h8-11,14-17,20-23,26-29,32-33,35,37,41,43,47,49,66H,6-7,12-13,18-19,24-25,30-31,34,36,38-40,42,44-46,48,50-65H2,1-5H3/b10-8-,11-9-,16-14-,17-15-,22-20-,23-21-,28-26-,29-27-,33-32-,37-35-,43-41-,49-47-. The highest BCUT2D eigenvalue weighted by Gasteiger charge is 2.21. The van der Waals surface area contributed by atoms with Crippen LogP contribution in [0.25, 0.3) is 0 Å². The predicted octanol–water partition coefficient (Wildman–Crippen LogP) is 18.8. The molecule has 0 aromatic rings. The Labute approximate surface area is 478 Å². The summed E-state index contributed by atoms with van der Waals surface area (Å²) in [6.07, 6.45) is 84.6. The van der Waals surface area contributed by atoms with Gasteiger partial charge < -0.3 is 27.9 Å². The van der Waals surface area contributed by atoms with Gasteiger partial charge in [0, 0.05) is 12.8 Å². The smallest absolute Gasteiger partial charge is 0.306 e. The van der Waals surface area contributed by atoms with Crippen molar-refractivity contribution in [1.29, 1.82) is 0 Å². The van der Waals surface area contributed by atoms with Gasteiger partial charge in [-0.3, -0.25) is 14.2 Å². The van der Waals surface area contributed by atoms with E-state index in [1.807, 2.05) is 21.1 Å². The van der Waals surface area contributed by atoms with Crippen molar-refractivity contribution in [2.45, 2.75) is 225 Å². The molecule has 9 nitrogen and oxygen atoms in total. The average Bonchev–Trinajstić information content (AvgIpc) is 3.41. The lowest BCUT2D eigenvalue weighted by Crippen LogP contribution is -2.37. The number of nitrogens with zero attached hydrogens (tertiary/aromatic N) is 1. The molecule has 0 rings (SSSR count). The minimum absolute atomic E-state index is 0.0447. The van der Waals surface area contributed by atoms with E-state index in [-0.39, 0.29) is 26.1 Å². The van der Waals surface area contributed by atoms with Crippen LogP contribution in [0.15, 0.2) is 146 Å². The highest BCUT2D eigenvalue weighted by molar-refractivity contribution is 7.45. The predicted molar refractivity (Wildman–Crippen MR) is 332 cm³/mol. The third-order valence-electron chi connectivity index (χ3n) is 12.4. The Morgan fingerprint density at radius 3 is 1.03 bits per heavy atom. The largest absolute Gasteiger partial charge is 0.756 e. The molecule has 0 aliphatic rings. The monoisotopic (exact) mass is 1100 g/mol. The second-order valence-electron chi connectivity index (χ2n) is 20.9. The molecule has 0 aromatic heterocycles. The highest BCUT2D eigenvalue weighted by atomic mass is 31.2. The Bertz CT molecular complexity index is 1820. The van der Waals surface area contributed by atoms with Crippen LogP contribution >= 0.6 is 7.82 Å². The maximum Gasteiger partial charge on any atom is 0.306 e. The third kappa shape index (κ3) is 61.1. The van der Waals surface area contributed by atoms with E-state index < -0.39 is 32.5 Å². The molecule has 0 saturated carbocycles. The first-order valence-electron chi connectivity index (χ1n) is 30.5. The zero-order valence-electron chi connectivity index (χ0n) is 50.1. The van der Waals surface area contributed by atoms with E-state index >= 15 is 0 Å². The van der Waals surface area contributed by atoms with Crippen LogP contribution in [0.1, 0.15) is 219 Å². The molecule has 2 atom stereocenters. The van der Waals surface area contributed by atoms with Gasteiger partial charge >= 0.3 is 11.9 Å². The zero-order chi connectivity index (χ0) is 57.0. The summed E-state index contributed by atoms with van der Waals surface area (Å²) in [4.78, 5) is 37.9. The van der Waals surface area contributed by atoms with Crippen molar-refractivity contribution in [3.63, 3.8) is 0 Å². The molecule has 10 heteroatoms. The van der Waals surface area contributed by atoms with E-state index in [1.54, 1.807) is 0 Å². The fourth-order valence-corrected chi connectivity index (χ4v) is 8.45. The quantitative estimate of drug-likeness (QED) is 0.0195. The van der Waals surface area contributed by atoms with Gasteiger partial charge in [0.05, 0.1) is 27.7 Å². The molecule has 0 bridgehead atoms. The summed E-state index contributed by atoms with van der Waals surface area (Å²) in [5.74, 6) is -0.875. The van der Waals surface area contributed by atoms with Crippen molar-refractivity contribution in [2.75, 3.05) is 47.5 Å². The Kier molecular flexibility index (Phi) is 54.5. The first kappa shape index (κ1) is 73.9. The number of hydrogen-bond acceptors (Lipinski definition) is 8. The lowest BCUT2D eigenvalue weighted by Gasteiger charge is -2.28. The molecule has 0 saturated heterocycles. The van der Waals surface area contributed by atoms with Gasteiger partial charge in [-0.2, -0.15) is 0 Å². The second-order valence-corrected chi connectivity index (χ2v) is 22.4. The fourth-order valence-electron chi connectivity index (χ4n) is 7.72. The van der Waals surface area contributed by atoms with E-state index in [1.165, 1.54) is 57.8 Å². The van der Waals surface area contributed by atoms with Crippen LogP contribution in [0.2, 0.25) is 0 Å². The van der Waals surface area contributed by atoms with Gasteiger partial charge in [-0.15, -0.1) is 0 Å². The van der Waals surface area contributed by atoms with Crippen molar-refractivity contribution in [3.8, 4) is 0 Å². The number of esters is 2. The van der Waals surface area contributed by atoms with Gasteiger partial charge in [0.15, 0.2) is 6.10 Å². The zero-order valence-corrected chi connectivity index (χ0v) is 50.9. The maximum absolute atomic E-state index is 12.8. The molecule has 0 N–H and O–H groups in total. The maximum atomic E-state index is 12.8. The minimum Gasteiger partial charge on any atom is -0.756 e. The van der Waals surface area contributed by atoms with Crippen LogP contribution in [-0.4, -0.2) is 70.0 Å². The molecule has 0 aliphatic carbocycles. The number of phosphoric acid groups is 1. The molecule has 0 spiro atoms. The Balaban J connectivity index is 4.25. The molecular weight excluding hydrogens is 990 g/mol. The summed E-state index contributed by atoms with van der Waals surface area (Å²) in [6, 6.07) is 0. The van der Waals surface area contributed by atoms with Gasteiger partial charge in [0.1, 0.15) is 19.8 Å². The van der Waals surface area contributed by atoms with E-state index in [0.29, 0.717) is 17.4 Å². The molecule has 0 fully saturated rings. The van der Waals surface area contributed by atoms with Crippen LogP contribution < -0.4 is 4.89 Å². The Hall–Kier alpha value is -4.11. The van der Waals surface area contributed by atoms with Gasteiger partial charge in [-0.25, -0.2) is 0 Å². The number of carbonyl (C=O) groups excluding carboxylic acids is 2. The van der Waals surface area contributed by atoms with Crippen LogP contribution in [0.3, 0.4) is 0 Å². The molecule has 0 aliphatic heterocycles. The minimum atomic E-state index is -4.66. The lowest BCUT2D eigenvalue weighted by atomic mass is 10.0. The van der Waals surface area contributed by atoms with E-state index in [2.05, 4.69) is 160 Å². The molecule has 2 unspecified atom stereocenters. The lowest BCUT2D eigenvalue weighted by molar-refractivity contribution is -0.870. The molecular formula is C68H112NO8P. The number of carbonyl (C=O) groups is 2. The number of likely N-dealkylation sites (N-methyl/N-ethyl adjacent to an activating group) is 1. The van der Waals surface area contributed by atoms with Crippen molar-refractivity contribution in [1.82, 2.24) is 0 Å². The molecule has 0 heterocycles. The average molecular weight is 1100 g/mol. The van der Waals surface area contributed by atoms with Gasteiger partial charge in [-0.1, -0.05) is 237 Å². The van der Waals surface area contributed by atoms with E-state index in [9.17, 15) is 19.0 Å². The number of rotatable bonds is 54. The number of unbranched alkanes of at least 4 members (excludes halogenated alkanes) is 16. The fraction of sp³-hybridized carbons (Fsp3) is 0.618. The van der Waals surface area contributed by atoms with Gasteiger partial charge in [0.25, 0.3) is 7.82 Å². The SMILES string of the molecule is CC/C=C\C/C=C\C/C=C\C/C=C\C/C=C\C/C=C\C/C=C\C/C=C\CCCCCCC(=O)OC(COC(=O)CCCCCCCCCCCCCC/C=C\C/C=C\C/C=C\C/C=C\CC)COP(=O)([O-])OCC[N+](C)(C)C. The van der Waals surface area contributed by atoms with Gasteiger partial charge in [-0.05, 0) is 116 Å². The van der Waals surface area contributed by atoms with E-state index in [0.717, 1.165) is 128 Å². The van der Waals surface area contributed by atoms with Crippen LogP contribution in [0.4, 0.5) is 0 Å². The van der Waals surface area contributed by atoms with Crippen molar-refractivity contribution >= 4 is 19.8 Å². The number of phosphoric ester groups is 1. The summed E-state index contributed by atoms with van der Waals surface area (Å²) in [5.41, 5.74) is 0. The molecule has 442 valence electrons. The van der Waals surface area contributed by atoms with Crippen LogP contribution in [-0.2, 0) is 32.7 Å². The molecule has 78 heavy (non-hydrogen) atoms. The number of hydrogen-bond donors (Lipinski definition) is 0. The third-order valence-corrected chi connectivity index (χ3v) is 13.3. The first-order chi connectivity index (χ1) is 38.0. The van der Waals surface area contributed by atoms with E-state index in [4.69, 9.17) is 18.5 Å². The summed E-state index contributed by atoms with van der Waals surface area (Å²) in [5, 5.41) is 0. The topological polar surface area (TPSA) is 111 Å². The number of ether oxygens (including phenoxy) is 2. The molecule has 0 radical (unpaired) electrons. The first-order valence-corrected chi connectivity index (χ1v) is 32.0. The summed E-state index contributed by atoms with van der Waals surface area (Å²) >= 11 is 0. The van der Waals surface area contributed by atoms with Gasteiger partial charge in [0.2, 0.25) is 0 Å². The summed E-state index contributed by atoms with van der Waals surface area (Å²) < 4.78 is 34.2. The summed E-state index contributed by atoms with van der Waals surface area (Å²) in [6.45, 7) is 3.97. The normalized spacial score (nSPS) is 14.3. The van der Waals surface area contributed by atoms with Crippen LogP contribution in [0, 0.1) is 0 Å².